The number of nitrogens with zero attached hydrogens (tertiary/aromatic N) is 2. The number of halogens is 1. The summed E-state index contributed by atoms with van der Waals surface area (Å²) in [7, 11) is 0. The van der Waals surface area contributed by atoms with Crippen LogP contribution in [0.4, 0.5) is 0 Å². The standard InChI is InChI=1S/C11H11N3O.ClH/c12-5-8-2-1-3-9(4-8)6-14-7-10(13)11(14)15;/h1-4,10H,6-7,13H2;1H/t10-;/m0./s1. The van der Waals surface area contributed by atoms with E-state index >= 15 is 0 Å². The van der Waals surface area contributed by atoms with Crippen molar-refractivity contribution in [3.05, 3.63) is 35.4 Å². The second-order valence-corrected chi connectivity index (χ2v) is 3.64. The van der Waals surface area contributed by atoms with E-state index in [1.165, 1.54) is 0 Å². The molecular formula is C11H12ClN3O. The van der Waals surface area contributed by atoms with Gasteiger partial charge < -0.3 is 10.6 Å². The SMILES string of the molecule is Cl.N#Cc1cccc(CN2C[C@H](N)C2=O)c1. The van der Waals surface area contributed by atoms with Crippen LogP contribution in [-0.4, -0.2) is 23.4 Å². The molecule has 16 heavy (non-hydrogen) atoms. The lowest BCUT2D eigenvalue weighted by Crippen LogP contribution is -2.60. The summed E-state index contributed by atoms with van der Waals surface area (Å²) >= 11 is 0. The van der Waals surface area contributed by atoms with Crippen LogP contribution < -0.4 is 5.73 Å². The molecule has 1 atom stereocenters. The fourth-order valence-electron chi connectivity index (χ4n) is 1.63. The third-order valence-corrected chi connectivity index (χ3v) is 2.48. The smallest absolute Gasteiger partial charge is 0.241 e. The van der Waals surface area contributed by atoms with Gasteiger partial charge in [0.05, 0.1) is 11.6 Å². The summed E-state index contributed by atoms with van der Waals surface area (Å²) in [6.07, 6.45) is 0. The van der Waals surface area contributed by atoms with Crippen molar-refractivity contribution >= 4 is 18.3 Å². The number of hydrogen-bond acceptors (Lipinski definition) is 3. The van der Waals surface area contributed by atoms with Crippen molar-refractivity contribution in [1.82, 2.24) is 4.90 Å². The third kappa shape index (κ3) is 2.32. The first-order valence-corrected chi connectivity index (χ1v) is 4.74. The largest absolute Gasteiger partial charge is 0.335 e. The Morgan fingerprint density at radius 2 is 2.31 bits per heavy atom. The molecule has 0 aromatic heterocycles. The lowest BCUT2D eigenvalue weighted by Gasteiger charge is -2.36. The number of amides is 1. The van der Waals surface area contributed by atoms with Crippen LogP contribution in [0, 0.1) is 11.3 Å². The van der Waals surface area contributed by atoms with E-state index in [1.807, 2.05) is 12.1 Å². The average Bonchev–Trinajstić information content (AvgIpc) is 2.28. The second kappa shape index (κ2) is 4.97. The lowest BCUT2D eigenvalue weighted by molar-refractivity contribution is -0.143. The Bertz CT molecular complexity index is 441. The number of nitriles is 1. The van der Waals surface area contributed by atoms with Gasteiger partial charge in [-0.15, -0.1) is 12.4 Å². The highest BCUT2D eigenvalue weighted by Crippen LogP contribution is 2.14. The van der Waals surface area contributed by atoms with Gasteiger partial charge in [-0.05, 0) is 17.7 Å². The van der Waals surface area contributed by atoms with Crippen molar-refractivity contribution < 1.29 is 4.79 Å². The lowest BCUT2D eigenvalue weighted by atomic mass is 10.1. The van der Waals surface area contributed by atoms with Crippen LogP contribution in [0.5, 0.6) is 0 Å². The molecule has 1 aromatic rings. The van der Waals surface area contributed by atoms with E-state index in [0.29, 0.717) is 18.7 Å². The predicted molar refractivity (Wildman–Crippen MR) is 61.8 cm³/mol. The van der Waals surface area contributed by atoms with Gasteiger partial charge in [0, 0.05) is 13.1 Å². The number of β-lactam (4-membered cyclic amide) rings is 1. The molecule has 1 saturated heterocycles. The fraction of sp³-hybridized carbons (Fsp3) is 0.273. The van der Waals surface area contributed by atoms with E-state index in [-0.39, 0.29) is 24.4 Å². The van der Waals surface area contributed by atoms with Crippen LogP contribution in [0.3, 0.4) is 0 Å². The van der Waals surface area contributed by atoms with Gasteiger partial charge in [0.2, 0.25) is 5.91 Å². The number of hydrogen-bond donors (Lipinski definition) is 1. The van der Waals surface area contributed by atoms with Crippen LogP contribution in [-0.2, 0) is 11.3 Å². The van der Waals surface area contributed by atoms with Gasteiger partial charge >= 0.3 is 0 Å². The van der Waals surface area contributed by atoms with Crippen molar-refractivity contribution in [3.8, 4) is 6.07 Å². The van der Waals surface area contributed by atoms with Crippen LogP contribution in [0.1, 0.15) is 11.1 Å². The van der Waals surface area contributed by atoms with E-state index in [0.717, 1.165) is 5.56 Å². The molecule has 1 aromatic carbocycles. The number of likely N-dealkylation sites (tertiary alicyclic amines) is 1. The fourth-order valence-corrected chi connectivity index (χ4v) is 1.63. The summed E-state index contributed by atoms with van der Waals surface area (Å²) in [5.41, 5.74) is 7.06. The maximum atomic E-state index is 11.3. The van der Waals surface area contributed by atoms with Crippen molar-refractivity contribution in [2.45, 2.75) is 12.6 Å². The highest BCUT2D eigenvalue weighted by atomic mass is 35.5. The number of benzene rings is 1. The molecule has 1 fully saturated rings. The molecule has 1 aliphatic rings. The Hall–Kier alpha value is -1.57. The van der Waals surface area contributed by atoms with E-state index in [4.69, 9.17) is 11.0 Å². The zero-order valence-corrected chi connectivity index (χ0v) is 9.41. The van der Waals surface area contributed by atoms with Gasteiger partial charge in [0.25, 0.3) is 0 Å². The molecule has 0 radical (unpaired) electrons. The topological polar surface area (TPSA) is 70.1 Å². The summed E-state index contributed by atoms with van der Waals surface area (Å²) in [5.74, 6) is -0.0163. The van der Waals surface area contributed by atoms with Crippen LogP contribution >= 0.6 is 12.4 Å². The molecular weight excluding hydrogens is 226 g/mol. The Balaban J connectivity index is 0.00000128. The average molecular weight is 238 g/mol. The van der Waals surface area contributed by atoms with Gasteiger partial charge in [0.1, 0.15) is 6.04 Å². The number of nitrogens with two attached hydrogens (primary N) is 1. The molecule has 0 unspecified atom stereocenters. The van der Waals surface area contributed by atoms with Gasteiger partial charge in [-0.3, -0.25) is 4.79 Å². The molecule has 2 rings (SSSR count). The summed E-state index contributed by atoms with van der Waals surface area (Å²) in [6.45, 7) is 1.15. The van der Waals surface area contributed by atoms with Gasteiger partial charge in [-0.2, -0.15) is 5.26 Å². The molecule has 2 N–H and O–H groups in total. The van der Waals surface area contributed by atoms with Crippen LogP contribution in [0.15, 0.2) is 24.3 Å². The second-order valence-electron chi connectivity index (χ2n) is 3.64. The molecule has 84 valence electrons. The molecule has 5 heteroatoms. The minimum Gasteiger partial charge on any atom is -0.335 e. The zero-order valence-electron chi connectivity index (χ0n) is 8.59. The number of rotatable bonds is 2. The van der Waals surface area contributed by atoms with Crippen LogP contribution in [0.25, 0.3) is 0 Å². The summed E-state index contributed by atoms with van der Waals surface area (Å²) in [5, 5.41) is 8.71. The van der Waals surface area contributed by atoms with Crippen LogP contribution in [0.2, 0.25) is 0 Å². The molecule has 0 bridgehead atoms. The van der Waals surface area contributed by atoms with Crippen molar-refractivity contribution in [2.24, 2.45) is 5.73 Å². The monoisotopic (exact) mass is 237 g/mol. The Morgan fingerprint density at radius 1 is 1.56 bits per heavy atom. The Kier molecular flexibility index (Phi) is 3.88. The highest BCUT2D eigenvalue weighted by Gasteiger charge is 2.32. The molecule has 0 spiro atoms. The first-order chi connectivity index (χ1) is 7.20. The summed E-state index contributed by atoms with van der Waals surface area (Å²) < 4.78 is 0. The molecule has 1 heterocycles. The quantitative estimate of drug-likeness (QED) is 0.768. The maximum absolute atomic E-state index is 11.3. The van der Waals surface area contributed by atoms with E-state index < -0.39 is 0 Å². The van der Waals surface area contributed by atoms with E-state index in [1.54, 1.807) is 17.0 Å². The number of carbonyl (C=O) groups is 1. The minimum atomic E-state index is -0.329. The maximum Gasteiger partial charge on any atom is 0.241 e. The molecule has 0 saturated carbocycles. The molecule has 1 amide bonds. The van der Waals surface area contributed by atoms with Crippen molar-refractivity contribution in [3.63, 3.8) is 0 Å². The van der Waals surface area contributed by atoms with Crippen molar-refractivity contribution in [2.75, 3.05) is 6.54 Å². The minimum absolute atomic E-state index is 0. The Labute approximate surface area is 100 Å². The highest BCUT2D eigenvalue weighted by molar-refractivity contribution is 5.87. The Morgan fingerprint density at radius 3 is 2.88 bits per heavy atom. The first-order valence-electron chi connectivity index (χ1n) is 4.74. The normalized spacial score (nSPS) is 18.4. The molecule has 0 aliphatic carbocycles. The molecule has 1 aliphatic heterocycles. The summed E-state index contributed by atoms with van der Waals surface area (Å²) in [6, 6.07) is 8.99. The van der Waals surface area contributed by atoms with Gasteiger partial charge in [-0.1, -0.05) is 12.1 Å². The molecule has 4 nitrogen and oxygen atoms in total. The van der Waals surface area contributed by atoms with Gasteiger partial charge in [0.15, 0.2) is 0 Å². The number of carbonyl (C=O) groups excluding carboxylic acids is 1. The van der Waals surface area contributed by atoms with E-state index in [2.05, 4.69) is 6.07 Å². The zero-order chi connectivity index (χ0) is 10.8. The first kappa shape index (κ1) is 12.5. The summed E-state index contributed by atoms with van der Waals surface area (Å²) in [4.78, 5) is 12.9. The van der Waals surface area contributed by atoms with E-state index in [9.17, 15) is 4.79 Å². The van der Waals surface area contributed by atoms with Crippen molar-refractivity contribution in [1.29, 1.82) is 5.26 Å². The third-order valence-electron chi connectivity index (χ3n) is 2.48. The predicted octanol–water partition coefficient (Wildman–Crippen LogP) is 0.650. The van der Waals surface area contributed by atoms with Gasteiger partial charge in [-0.25, -0.2) is 0 Å².